The maximum atomic E-state index is 13.5. The maximum Gasteiger partial charge on any atom is 0.164 e. The third-order valence-electron chi connectivity index (χ3n) is 4.13. The highest BCUT2D eigenvalue weighted by Gasteiger charge is 2.32. The van der Waals surface area contributed by atoms with Crippen molar-refractivity contribution in [3.05, 3.63) is 69.6 Å². The second-order valence-electron chi connectivity index (χ2n) is 5.35. The SMILES string of the molecule is O=C1CC(c2c[nH]c3cc(Br)ccc23)c2cc(F)ccc21. The molecule has 0 radical (unpaired) electrons. The smallest absolute Gasteiger partial charge is 0.164 e. The van der Waals surface area contributed by atoms with Crippen LogP contribution in [0.25, 0.3) is 10.9 Å². The van der Waals surface area contributed by atoms with E-state index in [1.807, 2.05) is 24.4 Å². The second kappa shape index (κ2) is 4.53. The normalized spacial score (nSPS) is 17.4. The van der Waals surface area contributed by atoms with Crippen LogP contribution in [0.3, 0.4) is 0 Å². The van der Waals surface area contributed by atoms with Gasteiger partial charge in [-0.25, -0.2) is 4.39 Å². The Bertz CT molecular complexity index is 884. The summed E-state index contributed by atoms with van der Waals surface area (Å²) in [7, 11) is 0. The zero-order valence-corrected chi connectivity index (χ0v) is 12.6. The summed E-state index contributed by atoms with van der Waals surface area (Å²) in [4.78, 5) is 15.4. The predicted octanol–water partition coefficient (Wildman–Crippen LogP) is 4.79. The quantitative estimate of drug-likeness (QED) is 0.677. The molecular weight excluding hydrogens is 333 g/mol. The lowest BCUT2D eigenvalue weighted by atomic mass is 9.92. The number of aromatic amines is 1. The third-order valence-corrected chi connectivity index (χ3v) is 4.62. The highest BCUT2D eigenvalue weighted by atomic mass is 79.9. The Hall–Kier alpha value is -1.94. The minimum atomic E-state index is -0.295. The molecule has 104 valence electrons. The fraction of sp³-hybridized carbons (Fsp3) is 0.118. The third kappa shape index (κ3) is 1.94. The van der Waals surface area contributed by atoms with Gasteiger partial charge in [-0.2, -0.15) is 0 Å². The first-order valence-electron chi connectivity index (χ1n) is 6.72. The van der Waals surface area contributed by atoms with E-state index in [0.717, 1.165) is 26.5 Å². The van der Waals surface area contributed by atoms with Gasteiger partial charge in [-0.1, -0.05) is 22.0 Å². The lowest BCUT2D eigenvalue weighted by molar-refractivity contribution is 0.0991. The van der Waals surface area contributed by atoms with Crippen molar-refractivity contribution in [3.8, 4) is 0 Å². The van der Waals surface area contributed by atoms with Crippen LogP contribution in [-0.4, -0.2) is 10.8 Å². The van der Waals surface area contributed by atoms with Crippen molar-refractivity contribution in [3.63, 3.8) is 0 Å². The molecule has 1 heterocycles. The number of rotatable bonds is 1. The molecule has 0 spiro atoms. The van der Waals surface area contributed by atoms with Gasteiger partial charge in [0.15, 0.2) is 5.78 Å². The molecule has 0 fully saturated rings. The molecule has 0 bridgehead atoms. The highest BCUT2D eigenvalue weighted by molar-refractivity contribution is 9.10. The Kier molecular flexibility index (Phi) is 2.76. The number of ketones is 1. The number of carbonyl (C=O) groups excluding carboxylic acids is 1. The van der Waals surface area contributed by atoms with E-state index >= 15 is 0 Å². The number of hydrogen-bond acceptors (Lipinski definition) is 1. The van der Waals surface area contributed by atoms with Crippen LogP contribution in [0.2, 0.25) is 0 Å². The van der Waals surface area contributed by atoms with E-state index in [1.165, 1.54) is 12.1 Å². The van der Waals surface area contributed by atoms with Crippen LogP contribution in [0.4, 0.5) is 4.39 Å². The maximum absolute atomic E-state index is 13.5. The fourth-order valence-electron chi connectivity index (χ4n) is 3.17. The molecule has 0 aliphatic heterocycles. The number of hydrogen-bond donors (Lipinski definition) is 1. The Morgan fingerprint density at radius 2 is 2.00 bits per heavy atom. The number of halogens is 2. The van der Waals surface area contributed by atoms with Crippen molar-refractivity contribution in [1.29, 1.82) is 0 Å². The summed E-state index contributed by atoms with van der Waals surface area (Å²) < 4.78 is 14.5. The molecule has 2 nitrogen and oxygen atoms in total. The molecule has 1 atom stereocenters. The monoisotopic (exact) mass is 343 g/mol. The molecule has 1 aromatic heterocycles. The van der Waals surface area contributed by atoms with Crippen LogP contribution >= 0.6 is 15.9 Å². The van der Waals surface area contributed by atoms with Gasteiger partial charge in [0, 0.05) is 39.5 Å². The van der Waals surface area contributed by atoms with Crippen molar-refractivity contribution in [2.75, 3.05) is 0 Å². The predicted molar refractivity (Wildman–Crippen MR) is 83.2 cm³/mol. The Balaban J connectivity index is 1.91. The minimum Gasteiger partial charge on any atom is -0.361 e. The van der Waals surface area contributed by atoms with E-state index in [2.05, 4.69) is 20.9 Å². The molecule has 0 amide bonds. The van der Waals surface area contributed by atoms with E-state index < -0.39 is 0 Å². The largest absolute Gasteiger partial charge is 0.361 e. The molecule has 1 aliphatic rings. The van der Waals surface area contributed by atoms with E-state index in [0.29, 0.717) is 12.0 Å². The summed E-state index contributed by atoms with van der Waals surface area (Å²) in [6, 6.07) is 10.4. The summed E-state index contributed by atoms with van der Waals surface area (Å²) in [6.07, 6.45) is 2.33. The highest BCUT2D eigenvalue weighted by Crippen LogP contribution is 2.41. The van der Waals surface area contributed by atoms with Crippen LogP contribution in [0.15, 0.2) is 47.1 Å². The Labute approximate surface area is 129 Å². The standard InChI is InChI=1S/C17H11BrFNO/c18-9-1-3-11-15(8-20-16(11)5-9)14-7-17(21)12-4-2-10(19)6-13(12)14/h1-6,8,14,20H,7H2. The van der Waals surface area contributed by atoms with Gasteiger partial charge in [0.1, 0.15) is 5.82 Å². The van der Waals surface area contributed by atoms with Crippen LogP contribution in [0.1, 0.15) is 33.8 Å². The summed E-state index contributed by atoms with van der Waals surface area (Å²) >= 11 is 3.45. The summed E-state index contributed by atoms with van der Waals surface area (Å²) in [5.74, 6) is -0.282. The molecule has 4 rings (SSSR count). The zero-order valence-electron chi connectivity index (χ0n) is 11.0. The molecule has 0 saturated carbocycles. The van der Waals surface area contributed by atoms with Crippen molar-refractivity contribution >= 4 is 32.6 Å². The van der Waals surface area contributed by atoms with Gasteiger partial charge in [-0.15, -0.1) is 0 Å². The number of carbonyl (C=O) groups is 1. The van der Waals surface area contributed by atoms with Crippen molar-refractivity contribution < 1.29 is 9.18 Å². The molecule has 4 heteroatoms. The Morgan fingerprint density at radius 3 is 2.86 bits per heavy atom. The Morgan fingerprint density at radius 1 is 1.14 bits per heavy atom. The molecule has 0 saturated heterocycles. The molecule has 1 N–H and O–H groups in total. The van der Waals surface area contributed by atoms with Crippen molar-refractivity contribution in [1.82, 2.24) is 4.98 Å². The number of fused-ring (bicyclic) bond motifs is 2. The van der Waals surface area contributed by atoms with Crippen molar-refractivity contribution in [2.45, 2.75) is 12.3 Å². The zero-order chi connectivity index (χ0) is 14.6. The average Bonchev–Trinajstić information content (AvgIpc) is 2.99. The average molecular weight is 344 g/mol. The number of nitrogens with one attached hydrogen (secondary N) is 1. The number of Topliss-reactive ketones (excluding diaryl/α,β-unsaturated/α-hetero) is 1. The van der Waals surface area contributed by atoms with E-state index in [-0.39, 0.29) is 17.5 Å². The van der Waals surface area contributed by atoms with Gasteiger partial charge in [-0.3, -0.25) is 4.79 Å². The molecule has 3 aromatic rings. The van der Waals surface area contributed by atoms with Gasteiger partial charge in [0.05, 0.1) is 0 Å². The number of benzene rings is 2. The summed E-state index contributed by atoms with van der Waals surface area (Å²) in [6.45, 7) is 0. The van der Waals surface area contributed by atoms with Gasteiger partial charge in [0.2, 0.25) is 0 Å². The summed E-state index contributed by atoms with van der Waals surface area (Å²) in [5.41, 5.74) is 3.50. The van der Waals surface area contributed by atoms with Gasteiger partial charge >= 0.3 is 0 Å². The lowest BCUT2D eigenvalue weighted by Crippen LogP contribution is -1.96. The minimum absolute atomic E-state index is 0.0712. The van der Waals surface area contributed by atoms with Crippen LogP contribution < -0.4 is 0 Å². The van der Waals surface area contributed by atoms with Crippen LogP contribution in [-0.2, 0) is 0 Å². The first-order valence-corrected chi connectivity index (χ1v) is 7.52. The van der Waals surface area contributed by atoms with E-state index in [1.54, 1.807) is 6.07 Å². The van der Waals surface area contributed by atoms with Gasteiger partial charge in [-0.05, 0) is 41.5 Å². The second-order valence-corrected chi connectivity index (χ2v) is 6.26. The molecule has 1 aliphatic carbocycles. The van der Waals surface area contributed by atoms with Crippen LogP contribution in [0.5, 0.6) is 0 Å². The van der Waals surface area contributed by atoms with E-state index in [4.69, 9.17) is 0 Å². The molecule has 2 aromatic carbocycles. The number of H-pyrrole nitrogens is 1. The fourth-order valence-corrected chi connectivity index (χ4v) is 3.53. The molecule has 1 unspecified atom stereocenters. The lowest BCUT2D eigenvalue weighted by Gasteiger charge is -2.10. The molecular formula is C17H11BrFNO. The van der Waals surface area contributed by atoms with E-state index in [9.17, 15) is 9.18 Å². The topological polar surface area (TPSA) is 32.9 Å². The molecule has 21 heavy (non-hydrogen) atoms. The first kappa shape index (κ1) is 12.8. The first-order chi connectivity index (χ1) is 10.1. The summed E-state index contributed by atoms with van der Waals surface area (Å²) in [5, 5.41) is 1.08. The van der Waals surface area contributed by atoms with Crippen molar-refractivity contribution in [2.24, 2.45) is 0 Å². The van der Waals surface area contributed by atoms with Crippen LogP contribution in [0, 0.1) is 5.82 Å². The van der Waals surface area contributed by atoms with Gasteiger partial charge in [0.25, 0.3) is 0 Å². The van der Waals surface area contributed by atoms with Gasteiger partial charge < -0.3 is 4.98 Å². The number of aromatic nitrogens is 1.